The number of ether oxygens (including phenoxy) is 3. The molecule has 0 bridgehead atoms. The van der Waals surface area contributed by atoms with Crippen molar-refractivity contribution >= 4 is 29.9 Å². The number of carbonyl (C=O) groups is 5. The summed E-state index contributed by atoms with van der Waals surface area (Å²) in [4.78, 5) is 76.8. The molecule has 81 heavy (non-hydrogen) atoms. The summed E-state index contributed by atoms with van der Waals surface area (Å²) in [6.07, 6.45) is 3.57. The zero-order chi connectivity index (χ0) is 55.9. The number of nitrogens with zero attached hydrogens (tertiary/aromatic N) is 2. The van der Waals surface area contributed by atoms with Crippen molar-refractivity contribution in [2.24, 2.45) is 11.3 Å². The van der Waals surface area contributed by atoms with E-state index >= 15 is 9.59 Å². The highest BCUT2D eigenvalue weighted by atomic mass is 16.6. The molecule has 6 aromatic carbocycles. The Labute approximate surface area is 475 Å². The van der Waals surface area contributed by atoms with Crippen LogP contribution in [0.25, 0.3) is 22.3 Å². The van der Waals surface area contributed by atoms with Crippen LogP contribution in [0.3, 0.4) is 0 Å². The average Bonchev–Trinajstić information content (AvgIpc) is 4.39. The summed E-state index contributed by atoms with van der Waals surface area (Å²) in [6, 6.07) is 44.4. The third-order valence-electron chi connectivity index (χ3n) is 18.3. The first kappa shape index (κ1) is 53.9. The normalized spacial score (nSPS) is 21.0. The molecule has 6 aliphatic rings. The number of carbonyl (C=O) groups excluding carboxylic acids is 5. The minimum absolute atomic E-state index is 0.0933. The van der Waals surface area contributed by atoms with Gasteiger partial charge in [-0.25, -0.2) is 9.59 Å². The van der Waals surface area contributed by atoms with E-state index in [1.165, 1.54) is 5.56 Å². The molecule has 418 valence electrons. The van der Waals surface area contributed by atoms with Gasteiger partial charge in [-0.2, -0.15) is 0 Å². The van der Waals surface area contributed by atoms with Crippen LogP contribution >= 0.6 is 0 Å². The Morgan fingerprint density at radius 1 is 0.617 bits per heavy atom. The van der Waals surface area contributed by atoms with Crippen LogP contribution in [0.15, 0.2) is 140 Å². The summed E-state index contributed by atoms with van der Waals surface area (Å²) in [5.74, 6) is -1.40. The second kappa shape index (κ2) is 22.6. The van der Waals surface area contributed by atoms with Crippen LogP contribution in [0.1, 0.15) is 134 Å². The van der Waals surface area contributed by atoms with E-state index in [1.54, 1.807) is 4.90 Å². The largest absolute Gasteiger partial charge is 0.449 e. The highest BCUT2D eigenvalue weighted by molar-refractivity contribution is 5.93. The van der Waals surface area contributed by atoms with Crippen molar-refractivity contribution in [3.63, 3.8) is 0 Å². The molecule has 3 N–H and O–H groups in total. The van der Waals surface area contributed by atoms with Crippen LogP contribution in [0, 0.1) is 11.3 Å². The molecule has 0 aromatic heterocycles. The van der Waals surface area contributed by atoms with Gasteiger partial charge in [0.2, 0.25) is 17.7 Å². The maximum absolute atomic E-state index is 15.3. The van der Waals surface area contributed by atoms with Crippen molar-refractivity contribution in [1.82, 2.24) is 25.8 Å². The molecule has 3 aliphatic heterocycles. The number of amides is 5. The number of aryl methyl sites for hydroxylation is 1. The molecule has 0 saturated carbocycles. The Hall–Kier alpha value is -7.77. The number of rotatable bonds is 12. The standard InChI is InChI=1S/C68H73N5O8/c1-41-34-44-28-29-45(35-46(44)37-72(41)64(75)61(43-30-32-79-33-31-43)70-66(77)80-39-57-53-23-11-7-19-49(53)50-20-8-12-24-54(50)57)47-36-60(63(74)69-59-27-15-17-42-16-5-6-18-48(42)59)73(38-47)65(76)62(68(2,3)4)71-67(78)81-40-58-55-25-13-9-21-51(55)52-22-10-14-26-56(52)58/h5-14,16,18-26,28-29,35,41,43,47,57-62H,15,17,27,30-34,36-40H2,1-4H3,(H,69,74)(H,70,77)(H,71,78)/t41-,47?,59?,60+,61?,62-/m1/s1. The minimum Gasteiger partial charge on any atom is -0.449 e. The Kier molecular flexibility index (Phi) is 15.1. The zero-order valence-corrected chi connectivity index (χ0v) is 46.8. The monoisotopic (exact) mass is 1090 g/mol. The van der Waals surface area contributed by atoms with E-state index in [-0.39, 0.29) is 73.2 Å². The Balaban J connectivity index is 0.773. The van der Waals surface area contributed by atoms with Gasteiger partial charge in [-0.1, -0.05) is 160 Å². The Morgan fingerprint density at radius 2 is 1.16 bits per heavy atom. The molecule has 2 saturated heterocycles. The van der Waals surface area contributed by atoms with E-state index < -0.39 is 35.7 Å². The van der Waals surface area contributed by atoms with E-state index in [4.69, 9.17) is 14.2 Å². The fourth-order valence-electron chi connectivity index (χ4n) is 14.0. The highest BCUT2D eigenvalue weighted by Gasteiger charge is 2.47. The maximum atomic E-state index is 15.3. The highest BCUT2D eigenvalue weighted by Crippen LogP contribution is 2.46. The number of hydrogen-bond donors (Lipinski definition) is 3. The first-order chi connectivity index (χ1) is 39.3. The molecule has 12 rings (SSSR count). The van der Waals surface area contributed by atoms with Gasteiger partial charge in [0, 0.05) is 50.1 Å². The van der Waals surface area contributed by atoms with Gasteiger partial charge in [0.05, 0.1) is 6.04 Å². The maximum Gasteiger partial charge on any atom is 0.407 e. The number of likely N-dealkylation sites (tertiary alicyclic amines) is 1. The Morgan fingerprint density at radius 3 is 1.74 bits per heavy atom. The van der Waals surface area contributed by atoms with Gasteiger partial charge >= 0.3 is 12.2 Å². The van der Waals surface area contributed by atoms with Crippen molar-refractivity contribution in [3.05, 3.63) is 190 Å². The van der Waals surface area contributed by atoms with Crippen molar-refractivity contribution < 1.29 is 38.2 Å². The van der Waals surface area contributed by atoms with E-state index in [9.17, 15) is 14.4 Å². The number of hydrogen-bond acceptors (Lipinski definition) is 8. The molecular formula is C68H73N5O8. The van der Waals surface area contributed by atoms with E-state index in [0.29, 0.717) is 45.4 Å². The molecule has 5 amide bonds. The van der Waals surface area contributed by atoms with Gasteiger partial charge in [-0.3, -0.25) is 14.4 Å². The lowest BCUT2D eigenvalue weighted by Crippen LogP contribution is -2.58. The molecule has 3 heterocycles. The van der Waals surface area contributed by atoms with Crippen LogP contribution in [0.2, 0.25) is 0 Å². The summed E-state index contributed by atoms with van der Waals surface area (Å²) in [5, 5.41) is 9.42. The van der Waals surface area contributed by atoms with Gasteiger partial charge in [0.25, 0.3) is 0 Å². The summed E-state index contributed by atoms with van der Waals surface area (Å²) in [7, 11) is 0. The first-order valence-electron chi connectivity index (χ1n) is 29.2. The van der Waals surface area contributed by atoms with Gasteiger partial charge in [0.1, 0.15) is 31.3 Å². The summed E-state index contributed by atoms with van der Waals surface area (Å²) in [6.45, 7) is 9.59. The van der Waals surface area contributed by atoms with Crippen molar-refractivity contribution in [1.29, 1.82) is 0 Å². The molecule has 13 nitrogen and oxygen atoms in total. The number of nitrogens with one attached hydrogen (secondary N) is 3. The van der Waals surface area contributed by atoms with Crippen LogP contribution < -0.4 is 16.0 Å². The third-order valence-corrected chi connectivity index (χ3v) is 18.3. The molecular weight excluding hydrogens is 1010 g/mol. The van der Waals surface area contributed by atoms with Crippen LogP contribution in [-0.4, -0.2) is 96.8 Å². The van der Waals surface area contributed by atoms with Gasteiger partial charge in [-0.15, -0.1) is 0 Å². The third kappa shape index (κ3) is 10.7. The minimum atomic E-state index is -1.02. The van der Waals surface area contributed by atoms with Gasteiger partial charge in [0.15, 0.2) is 0 Å². The van der Waals surface area contributed by atoms with Gasteiger partial charge < -0.3 is 40.0 Å². The number of benzene rings is 6. The second-order valence-electron chi connectivity index (χ2n) is 24.3. The molecule has 2 fully saturated rings. The molecule has 0 radical (unpaired) electrons. The van der Waals surface area contributed by atoms with E-state index in [0.717, 1.165) is 86.0 Å². The number of alkyl carbamates (subject to hydrolysis) is 2. The second-order valence-corrected chi connectivity index (χ2v) is 24.3. The fraction of sp³-hybridized carbons (Fsp3) is 0.397. The molecule has 6 atom stereocenters. The molecule has 3 aliphatic carbocycles. The van der Waals surface area contributed by atoms with Crippen molar-refractivity contribution in [2.75, 3.05) is 33.0 Å². The first-order valence-corrected chi connectivity index (χ1v) is 29.2. The Bertz CT molecular complexity index is 3290. The SMILES string of the molecule is C[C@@H]1Cc2ccc(C3C[C@@H](C(=O)NC4CCCc5ccccc54)N(C(=O)[C@@H](NC(=O)OCC4c5ccccc5-c5ccccc54)C(C)(C)C)C3)cc2CN1C(=O)C(NC(=O)OCC1c2ccccc2-c2ccccc21)C1CCOCC1. The fourth-order valence-corrected chi connectivity index (χ4v) is 14.0. The lowest BCUT2D eigenvalue weighted by molar-refractivity contribution is -0.142. The molecule has 6 aromatic rings. The lowest BCUT2D eigenvalue weighted by Gasteiger charge is -2.40. The molecule has 0 spiro atoms. The van der Waals surface area contributed by atoms with Crippen molar-refractivity contribution in [2.45, 2.75) is 127 Å². The topological polar surface area (TPSA) is 156 Å². The molecule has 13 heteroatoms. The summed E-state index contributed by atoms with van der Waals surface area (Å²) in [5.41, 5.74) is 13.5. The zero-order valence-electron chi connectivity index (χ0n) is 46.8. The summed E-state index contributed by atoms with van der Waals surface area (Å²) >= 11 is 0. The van der Waals surface area contributed by atoms with Crippen LogP contribution in [0.4, 0.5) is 9.59 Å². The predicted octanol–water partition coefficient (Wildman–Crippen LogP) is 11.1. The van der Waals surface area contributed by atoms with E-state index in [2.05, 4.69) is 102 Å². The average molecular weight is 1090 g/mol. The van der Waals surface area contributed by atoms with Crippen LogP contribution in [0.5, 0.6) is 0 Å². The smallest absolute Gasteiger partial charge is 0.407 e. The lowest BCUT2D eigenvalue weighted by atomic mass is 9.85. The molecule has 3 unspecified atom stereocenters. The summed E-state index contributed by atoms with van der Waals surface area (Å²) < 4.78 is 17.8. The van der Waals surface area contributed by atoms with Gasteiger partial charge in [-0.05, 0) is 136 Å². The quantitative estimate of drug-likeness (QED) is 0.109. The van der Waals surface area contributed by atoms with Crippen molar-refractivity contribution in [3.8, 4) is 22.3 Å². The predicted molar refractivity (Wildman–Crippen MR) is 310 cm³/mol. The number of fused-ring (bicyclic) bond motifs is 8. The van der Waals surface area contributed by atoms with Crippen LogP contribution in [-0.2, 0) is 48.0 Å². The van der Waals surface area contributed by atoms with E-state index in [1.807, 2.05) is 86.3 Å².